The summed E-state index contributed by atoms with van der Waals surface area (Å²) in [7, 11) is 0. The molecule has 0 unspecified atom stereocenters. The van der Waals surface area contributed by atoms with Gasteiger partial charge in [-0.05, 0) is 12.0 Å². The first kappa shape index (κ1) is 16.9. The Balaban J connectivity index is 2.20. The number of alkyl carbamates (subject to hydrolysis) is 1. The van der Waals surface area contributed by atoms with Crippen LogP contribution in [0.1, 0.15) is 18.9 Å². The number of carbonyl (C=O) groups is 2. The molecule has 0 spiro atoms. The number of carbonyl (C=O) groups excluding carboxylic acids is 2. The first-order valence-corrected chi connectivity index (χ1v) is 6.86. The normalized spacial score (nSPS) is 9.95. The van der Waals surface area contributed by atoms with Gasteiger partial charge in [-0.2, -0.15) is 0 Å². The summed E-state index contributed by atoms with van der Waals surface area (Å²) in [6, 6.07) is 9.31. The van der Waals surface area contributed by atoms with Crippen molar-refractivity contribution in [2.45, 2.75) is 20.0 Å². The number of amides is 1. The highest BCUT2D eigenvalue weighted by atomic mass is 16.5. The number of ether oxygens (including phenoxy) is 2. The van der Waals surface area contributed by atoms with Gasteiger partial charge in [-0.25, -0.2) is 4.79 Å². The van der Waals surface area contributed by atoms with E-state index in [1.807, 2.05) is 37.3 Å². The second kappa shape index (κ2) is 9.72. The molecule has 21 heavy (non-hydrogen) atoms. The third-order valence-electron chi connectivity index (χ3n) is 2.63. The van der Waals surface area contributed by atoms with Crippen molar-refractivity contribution < 1.29 is 19.1 Å². The van der Waals surface area contributed by atoms with Gasteiger partial charge in [-0.1, -0.05) is 43.8 Å². The fraction of sp³-hybridized carbons (Fsp3) is 0.375. The minimum Gasteiger partial charge on any atom is -0.445 e. The molecule has 0 radical (unpaired) electrons. The Bertz CT molecular complexity index is 470. The van der Waals surface area contributed by atoms with E-state index in [0.29, 0.717) is 12.2 Å². The first-order valence-electron chi connectivity index (χ1n) is 6.86. The maximum Gasteiger partial charge on any atom is 0.407 e. The minimum atomic E-state index is -0.630. The Morgan fingerprint density at radius 3 is 2.62 bits per heavy atom. The molecule has 0 atom stereocenters. The molecule has 0 aliphatic heterocycles. The van der Waals surface area contributed by atoms with Crippen molar-refractivity contribution in [2.24, 2.45) is 0 Å². The molecule has 1 aromatic rings. The first-order chi connectivity index (χ1) is 10.1. The van der Waals surface area contributed by atoms with Crippen LogP contribution < -0.4 is 5.32 Å². The van der Waals surface area contributed by atoms with Crippen molar-refractivity contribution >= 4 is 11.9 Å². The summed E-state index contributed by atoms with van der Waals surface area (Å²) >= 11 is 0. The third-order valence-corrected chi connectivity index (χ3v) is 2.63. The highest BCUT2D eigenvalue weighted by Crippen LogP contribution is 2.00. The van der Waals surface area contributed by atoms with Crippen LogP contribution in [0, 0.1) is 0 Å². The number of hydrogen-bond donors (Lipinski definition) is 1. The van der Waals surface area contributed by atoms with Crippen molar-refractivity contribution in [3.05, 3.63) is 48.0 Å². The largest absolute Gasteiger partial charge is 0.445 e. The summed E-state index contributed by atoms with van der Waals surface area (Å²) in [6.45, 7) is 6.41. The van der Waals surface area contributed by atoms with Gasteiger partial charge >= 0.3 is 6.09 Å². The van der Waals surface area contributed by atoms with Crippen molar-refractivity contribution in [1.82, 2.24) is 5.32 Å². The maximum atomic E-state index is 11.7. The molecule has 1 aromatic carbocycles. The molecule has 0 aliphatic rings. The molecule has 0 bridgehead atoms. The van der Waals surface area contributed by atoms with E-state index >= 15 is 0 Å². The SMILES string of the molecule is C=C(COCCC)C(=O)CNC(=O)OCc1ccccc1. The van der Waals surface area contributed by atoms with Crippen molar-refractivity contribution in [1.29, 1.82) is 0 Å². The summed E-state index contributed by atoms with van der Waals surface area (Å²) in [6.07, 6.45) is 0.250. The lowest BCUT2D eigenvalue weighted by atomic mass is 10.2. The van der Waals surface area contributed by atoms with E-state index in [1.54, 1.807) is 0 Å². The van der Waals surface area contributed by atoms with Crippen LogP contribution in [0.4, 0.5) is 4.79 Å². The van der Waals surface area contributed by atoms with Crippen LogP contribution in [0.3, 0.4) is 0 Å². The number of rotatable bonds is 9. The smallest absolute Gasteiger partial charge is 0.407 e. The molecule has 0 heterocycles. The van der Waals surface area contributed by atoms with E-state index in [9.17, 15) is 9.59 Å². The molecule has 1 amide bonds. The topological polar surface area (TPSA) is 64.6 Å². The molecule has 5 nitrogen and oxygen atoms in total. The summed E-state index contributed by atoms with van der Waals surface area (Å²) in [4.78, 5) is 23.1. The Kier molecular flexibility index (Phi) is 7.82. The van der Waals surface area contributed by atoms with E-state index in [-0.39, 0.29) is 25.5 Å². The zero-order valence-corrected chi connectivity index (χ0v) is 12.3. The molecular formula is C16H21NO4. The van der Waals surface area contributed by atoms with E-state index in [1.165, 1.54) is 0 Å². The van der Waals surface area contributed by atoms with Crippen LogP contribution in [-0.2, 0) is 20.9 Å². The van der Waals surface area contributed by atoms with E-state index < -0.39 is 6.09 Å². The highest BCUT2D eigenvalue weighted by molar-refractivity contribution is 5.97. The van der Waals surface area contributed by atoms with Gasteiger partial charge in [0.15, 0.2) is 5.78 Å². The zero-order chi connectivity index (χ0) is 15.5. The second-order valence-corrected chi connectivity index (χ2v) is 4.49. The highest BCUT2D eigenvalue weighted by Gasteiger charge is 2.10. The number of benzene rings is 1. The summed E-state index contributed by atoms with van der Waals surface area (Å²) in [5.74, 6) is -0.261. The fourth-order valence-electron chi connectivity index (χ4n) is 1.47. The zero-order valence-electron chi connectivity index (χ0n) is 12.3. The fourth-order valence-corrected chi connectivity index (χ4v) is 1.47. The van der Waals surface area contributed by atoms with Crippen LogP contribution in [0.15, 0.2) is 42.5 Å². The maximum absolute atomic E-state index is 11.7. The second-order valence-electron chi connectivity index (χ2n) is 4.49. The molecule has 5 heteroatoms. The quantitative estimate of drug-likeness (QED) is 0.561. The van der Waals surface area contributed by atoms with Crippen LogP contribution in [-0.4, -0.2) is 31.6 Å². The van der Waals surface area contributed by atoms with Crippen molar-refractivity contribution in [3.63, 3.8) is 0 Å². The van der Waals surface area contributed by atoms with Crippen LogP contribution in [0.2, 0.25) is 0 Å². The number of nitrogens with one attached hydrogen (secondary N) is 1. The van der Waals surface area contributed by atoms with E-state index in [2.05, 4.69) is 11.9 Å². The lowest BCUT2D eigenvalue weighted by Gasteiger charge is -2.08. The monoisotopic (exact) mass is 291 g/mol. The number of hydrogen-bond acceptors (Lipinski definition) is 4. The van der Waals surface area contributed by atoms with Gasteiger partial charge in [-0.3, -0.25) is 4.79 Å². The van der Waals surface area contributed by atoms with E-state index in [0.717, 1.165) is 12.0 Å². The average Bonchev–Trinajstić information content (AvgIpc) is 2.51. The van der Waals surface area contributed by atoms with Gasteiger partial charge in [0.25, 0.3) is 0 Å². The molecule has 0 fully saturated rings. The van der Waals surface area contributed by atoms with Gasteiger partial charge in [0, 0.05) is 12.2 Å². The van der Waals surface area contributed by atoms with Crippen molar-refractivity contribution in [2.75, 3.05) is 19.8 Å². The third kappa shape index (κ3) is 7.27. The molecule has 0 saturated carbocycles. The summed E-state index contributed by atoms with van der Waals surface area (Å²) in [5.41, 5.74) is 1.23. The lowest BCUT2D eigenvalue weighted by Crippen LogP contribution is -2.31. The standard InChI is InChI=1S/C16H21NO4/c1-3-9-20-11-13(2)15(18)10-17-16(19)21-12-14-7-5-4-6-8-14/h4-8H,2-3,9-12H2,1H3,(H,17,19). The van der Waals surface area contributed by atoms with E-state index in [4.69, 9.17) is 9.47 Å². The Morgan fingerprint density at radius 2 is 1.95 bits per heavy atom. The minimum absolute atomic E-state index is 0.137. The van der Waals surface area contributed by atoms with Gasteiger partial charge in [0.05, 0.1) is 13.2 Å². The van der Waals surface area contributed by atoms with Gasteiger partial charge in [-0.15, -0.1) is 0 Å². The molecular weight excluding hydrogens is 270 g/mol. The van der Waals surface area contributed by atoms with Crippen LogP contribution in [0.25, 0.3) is 0 Å². The van der Waals surface area contributed by atoms with Gasteiger partial charge in [0.1, 0.15) is 6.61 Å². The van der Waals surface area contributed by atoms with Crippen LogP contribution >= 0.6 is 0 Å². The number of ketones is 1. The molecule has 0 aromatic heterocycles. The molecule has 114 valence electrons. The van der Waals surface area contributed by atoms with Gasteiger partial charge in [0.2, 0.25) is 0 Å². The summed E-state index contributed by atoms with van der Waals surface area (Å²) < 4.78 is 10.2. The predicted molar refractivity (Wildman–Crippen MR) is 79.9 cm³/mol. The predicted octanol–water partition coefficient (Wildman–Crippen LogP) is 2.46. The average molecular weight is 291 g/mol. The van der Waals surface area contributed by atoms with Crippen LogP contribution in [0.5, 0.6) is 0 Å². The van der Waals surface area contributed by atoms with Crippen molar-refractivity contribution in [3.8, 4) is 0 Å². The molecule has 0 aliphatic carbocycles. The van der Waals surface area contributed by atoms with Gasteiger partial charge < -0.3 is 14.8 Å². The Morgan fingerprint density at radius 1 is 1.24 bits per heavy atom. The Labute approximate surface area is 124 Å². The summed E-state index contributed by atoms with van der Waals surface area (Å²) in [5, 5.41) is 2.40. The Hall–Kier alpha value is -2.14. The lowest BCUT2D eigenvalue weighted by molar-refractivity contribution is -0.115. The molecule has 1 rings (SSSR count). The number of Topliss-reactive ketones (excluding diaryl/α,β-unsaturated/α-hetero) is 1. The molecule has 1 N–H and O–H groups in total. The molecule has 0 saturated heterocycles.